The zero-order valence-electron chi connectivity index (χ0n) is 9.66. The molecule has 18 heavy (non-hydrogen) atoms. The van der Waals surface area contributed by atoms with Gasteiger partial charge in [-0.3, -0.25) is 19.9 Å². The Morgan fingerprint density at radius 2 is 2.06 bits per heavy atom. The normalized spacial score (nSPS) is 10.1. The van der Waals surface area contributed by atoms with Gasteiger partial charge >= 0.3 is 0 Å². The number of aryl methyl sites for hydroxylation is 1. The Hall–Kier alpha value is -2.56. The van der Waals surface area contributed by atoms with Gasteiger partial charge in [0.15, 0.2) is 5.78 Å². The summed E-state index contributed by atoms with van der Waals surface area (Å²) >= 11 is 0. The molecule has 0 atom stereocenters. The van der Waals surface area contributed by atoms with Crippen LogP contribution in [0.15, 0.2) is 42.7 Å². The molecule has 0 unspecified atom stereocenters. The van der Waals surface area contributed by atoms with Crippen molar-refractivity contribution in [3.8, 4) is 0 Å². The van der Waals surface area contributed by atoms with Gasteiger partial charge in [-0.05, 0) is 19.1 Å². The lowest BCUT2D eigenvalue weighted by molar-refractivity contribution is -0.385. The van der Waals surface area contributed by atoms with Crippen LogP contribution in [-0.4, -0.2) is 15.7 Å². The van der Waals surface area contributed by atoms with Gasteiger partial charge < -0.3 is 0 Å². The molecule has 0 aliphatic carbocycles. The second kappa shape index (κ2) is 4.75. The zero-order valence-corrected chi connectivity index (χ0v) is 9.66. The largest absolute Gasteiger partial charge is 0.289 e. The fourth-order valence-corrected chi connectivity index (χ4v) is 1.61. The summed E-state index contributed by atoms with van der Waals surface area (Å²) in [7, 11) is 0. The van der Waals surface area contributed by atoms with Gasteiger partial charge in [0.05, 0.1) is 4.92 Å². The van der Waals surface area contributed by atoms with E-state index < -0.39 is 4.92 Å². The fraction of sp³-hybridized carbons (Fsp3) is 0.0769. The van der Waals surface area contributed by atoms with Crippen molar-refractivity contribution in [3.05, 3.63) is 69.5 Å². The molecule has 5 heteroatoms. The van der Waals surface area contributed by atoms with Gasteiger partial charge in [0, 0.05) is 35.2 Å². The van der Waals surface area contributed by atoms with E-state index in [2.05, 4.69) is 4.98 Å². The number of rotatable bonds is 3. The summed E-state index contributed by atoms with van der Waals surface area (Å²) in [5.41, 5.74) is 1.18. The maximum Gasteiger partial charge on any atom is 0.273 e. The van der Waals surface area contributed by atoms with Gasteiger partial charge in [0.1, 0.15) is 0 Å². The van der Waals surface area contributed by atoms with E-state index in [-0.39, 0.29) is 11.5 Å². The Labute approximate surface area is 103 Å². The summed E-state index contributed by atoms with van der Waals surface area (Å²) in [6.45, 7) is 1.64. The van der Waals surface area contributed by atoms with Crippen LogP contribution in [0.3, 0.4) is 0 Å². The number of nitro groups is 1. The summed E-state index contributed by atoms with van der Waals surface area (Å²) in [6.07, 6.45) is 3.00. The average Bonchev–Trinajstić information content (AvgIpc) is 2.39. The van der Waals surface area contributed by atoms with E-state index in [1.165, 1.54) is 12.3 Å². The average molecular weight is 242 g/mol. The van der Waals surface area contributed by atoms with Crippen LogP contribution in [0, 0.1) is 17.0 Å². The molecule has 0 saturated heterocycles. The molecular formula is C13H10N2O3. The maximum atomic E-state index is 12.1. The number of nitro benzene ring substituents is 1. The molecule has 0 N–H and O–H groups in total. The molecule has 2 rings (SSSR count). The SMILES string of the molecule is Cc1ccc(C(=O)c2cccnc2)cc1[N+](=O)[O-]. The highest BCUT2D eigenvalue weighted by Crippen LogP contribution is 2.20. The number of hydrogen-bond acceptors (Lipinski definition) is 4. The van der Waals surface area contributed by atoms with E-state index in [0.29, 0.717) is 16.7 Å². The van der Waals surface area contributed by atoms with Crippen molar-refractivity contribution in [2.24, 2.45) is 0 Å². The molecule has 0 aliphatic heterocycles. The highest BCUT2D eigenvalue weighted by Gasteiger charge is 2.16. The standard InChI is InChI=1S/C13H10N2O3/c1-9-4-5-10(7-12(9)15(17)18)13(16)11-3-2-6-14-8-11/h2-8H,1H3. The summed E-state index contributed by atoms with van der Waals surface area (Å²) in [5.74, 6) is -0.272. The molecule has 1 aromatic heterocycles. The first-order chi connectivity index (χ1) is 8.59. The minimum atomic E-state index is -0.491. The van der Waals surface area contributed by atoms with Crippen molar-refractivity contribution in [1.29, 1.82) is 0 Å². The van der Waals surface area contributed by atoms with Crippen molar-refractivity contribution >= 4 is 11.5 Å². The minimum absolute atomic E-state index is 0.0512. The highest BCUT2D eigenvalue weighted by atomic mass is 16.6. The van der Waals surface area contributed by atoms with E-state index in [9.17, 15) is 14.9 Å². The smallest absolute Gasteiger partial charge is 0.273 e. The van der Waals surface area contributed by atoms with Gasteiger partial charge in [-0.15, -0.1) is 0 Å². The van der Waals surface area contributed by atoms with Gasteiger partial charge in [0.25, 0.3) is 5.69 Å². The predicted molar refractivity (Wildman–Crippen MR) is 65.5 cm³/mol. The number of hydrogen-bond donors (Lipinski definition) is 0. The van der Waals surface area contributed by atoms with Crippen LogP contribution in [0.2, 0.25) is 0 Å². The van der Waals surface area contributed by atoms with Crippen LogP contribution in [0.5, 0.6) is 0 Å². The number of carbonyl (C=O) groups is 1. The van der Waals surface area contributed by atoms with Gasteiger partial charge in [0.2, 0.25) is 0 Å². The molecule has 0 saturated carbocycles. The Bertz CT molecular complexity index is 609. The molecular weight excluding hydrogens is 232 g/mol. The molecule has 0 radical (unpaired) electrons. The quantitative estimate of drug-likeness (QED) is 0.471. The van der Waals surface area contributed by atoms with E-state index in [0.717, 1.165) is 0 Å². The zero-order chi connectivity index (χ0) is 13.1. The third-order valence-corrected chi connectivity index (χ3v) is 2.59. The highest BCUT2D eigenvalue weighted by molar-refractivity contribution is 6.09. The number of pyridine rings is 1. The first-order valence-electron chi connectivity index (χ1n) is 5.29. The van der Waals surface area contributed by atoms with Crippen LogP contribution < -0.4 is 0 Å². The molecule has 0 bridgehead atoms. The topological polar surface area (TPSA) is 73.1 Å². The summed E-state index contributed by atoms with van der Waals surface area (Å²) in [6, 6.07) is 7.72. The van der Waals surface area contributed by atoms with E-state index in [1.54, 1.807) is 37.4 Å². The van der Waals surface area contributed by atoms with Gasteiger partial charge in [-0.2, -0.15) is 0 Å². The lowest BCUT2D eigenvalue weighted by Crippen LogP contribution is -2.03. The molecule has 0 amide bonds. The maximum absolute atomic E-state index is 12.1. The number of carbonyl (C=O) groups excluding carboxylic acids is 1. The summed E-state index contributed by atoms with van der Waals surface area (Å²) in [4.78, 5) is 26.2. The first kappa shape index (κ1) is 11.9. The van der Waals surface area contributed by atoms with E-state index in [4.69, 9.17) is 0 Å². The van der Waals surface area contributed by atoms with Crippen LogP contribution in [-0.2, 0) is 0 Å². The lowest BCUT2D eigenvalue weighted by atomic mass is 10.0. The van der Waals surface area contributed by atoms with Gasteiger partial charge in [-0.25, -0.2) is 0 Å². The van der Waals surface area contributed by atoms with Crippen LogP contribution in [0.25, 0.3) is 0 Å². The third-order valence-electron chi connectivity index (χ3n) is 2.59. The lowest BCUT2D eigenvalue weighted by Gasteiger charge is -2.02. The summed E-state index contributed by atoms with van der Waals surface area (Å²) in [5, 5.41) is 10.8. The molecule has 1 aromatic carbocycles. The van der Waals surface area contributed by atoms with Crippen LogP contribution >= 0.6 is 0 Å². The van der Waals surface area contributed by atoms with Crippen molar-refractivity contribution in [3.63, 3.8) is 0 Å². The number of nitrogens with zero attached hydrogens (tertiary/aromatic N) is 2. The second-order valence-corrected chi connectivity index (χ2v) is 3.83. The Balaban J connectivity index is 2.44. The molecule has 0 spiro atoms. The molecule has 90 valence electrons. The molecule has 0 fully saturated rings. The Morgan fingerprint density at radius 1 is 1.28 bits per heavy atom. The van der Waals surface area contributed by atoms with Crippen molar-refractivity contribution < 1.29 is 9.72 Å². The van der Waals surface area contributed by atoms with Gasteiger partial charge in [-0.1, -0.05) is 12.1 Å². The van der Waals surface area contributed by atoms with Crippen LogP contribution in [0.4, 0.5) is 5.69 Å². The monoisotopic (exact) mass is 242 g/mol. The molecule has 0 aliphatic rings. The van der Waals surface area contributed by atoms with Crippen LogP contribution in [0.1, 0.15) is 21.5 Å². The Morgan fingerprint density at radius 3 is 2.67 bits per heavy atom. The van der Waals surface area contributed by atoms with E-state index in [1.807, 2.05) is 0 Å². The molecule has 1 heterocycles. The second-order valence-electron chi connectivity index (χ2n) is 3.83. The van der Waals surface area contributed by atoms with Crippen molar-refractivity contribution in [1.82, 2.24) is 4.98 Å². The van der Waals surface area contributed by atoms with Crippen molar-refractivity contribution in [2.45, 2.75) is 6.92 Å². The predicted octanol–water partition coefficient (Wildman–Crippen LogP) is 2.53. The molecule has 5 nitrogen and oxygen atoms in total. The van der Waals surface area contributed by atoms with E-state index >= 15 is 0 Å². The molecule has 2 aromatic rings. The first-order valence-corrected chi connectivity index (χ1v) is 5.29. The fourth-order valence-electron chi connectivity index (χ4n) is 1.61. The Kier molecular flexibility index (Phi) is 3.14. The third kappa shape index (κ3) is 2.24. The number of benzene rings is 1. The van der Waals surface area contributed by atoms with Crippen molar-refractivity contribution in [2.75, 3.05) is 0 Å². The minimum Gasteiger partial charge on any atom is -0.289 e. The number of ketones is 1. The number of aromatic nitrogens is 1. The summed E-state index contributed by atoms with van der Waals surface area (Å²) < 4.78 is 0.